The van der Waals surface area contributed by atoms with E-state index >= 15 is 0 Å². The van der Waals surface area contributed by atoms with E-state index in [0.717, 1.165) is 11.3 Å². The lowest BCUT2D eigenvalue weighted by Crippen LogP contribution is -2.10. The average molecular weight is 231 g/mol. The van der Waals surface area contributed by atoms with Crippen molar-refractivity contribution >= 4 is 5.97 Å². The molecule has 2 aromatic rings. The van der Waals surface area contributed by atoms with Crippen LogP contribution in [0.3, 0.4) is 0 Å². The number of esters is 1. The van der Waals surface area contributed by atoms with Crippen molar-refractivity contribution in [2.45, 2.75) is 6.92 Å². The van der Waals surface area contributed by atoms with Gasteiger partial charge in [-0.2, -0.15) is 5.10 Å². The molecule has 0 aliphatic heterocycles. The molecule has 0 bridgehead atoms. The summed E-state index contributed by atoms with van der Waals surface area (Å²) in [5.41, 5.74) is 2.10. The number of hydrogen-bond acceptors (Lipinski definition) is 4. The molecule has 0 fully saturated rings. The summed E-state index contributed by atoms with van der Waals surface area (Å²) in [4.78, 5) is 15.6. The van der Waals surface area contributed by atoms with Crippen molar-refractivity contribution in [2.24, 2.45) is 7.05 Å². The third-order valence-electron chi connectivity index (χ3n) is 2.34. The average Bonchev–Trinajstić information content (AvgIpc) is 2.73. The molecule has 2 aromatic heterocycles. The van der Waals surface area contributed by atoms with Crippen LogP contribution < -0.4 is 0 Å². The molecule has 0 N–H and O–H groups in total. The van der Waals surface area contributed by atoms with Crippen LogP contribution in [0.4, 0.5) is 0 Å². The Kier molecular flexibility index (Phi) is 3.18. The molecule has 0 saturated heterocycles. The summed E-state index contributed by atoms with van der Waals surface area (Å²) in [6, 6.07) is 5.40. The van der Waals surface area contributed by atoms with E-state index in [0.29, 0.717) is 12.3 Å². The van der Waals surface area contributed by atoms with Gasteiger partial charge in [-0.05, 0) is 25.1 Å². The van der Waals surface area contributed by atoms with Gasteiger partial charge in [0.1, 0.15) is 5.69 Å². The first-order valence-electron chi connectivity index (χ1n) is 5.34. The van der Waals surface area contributed by atoms with Crippen LogP contribution in [0, 0.1) is 0 Å². The van der Waals surface area contributed by atoms with Crippen molar-refractivity contribution < 1.29 is 9.53 Å². The van der Waals surface area contributed by atoms with Crippen LogP contribution in [-0.2, 0) is 11.8 Å². The molecule has 0 radical (unpaired) electrons. The molecule has 0 aliphatic carbocycles. The highest BCUT2D eigenvalue weighted by Crippen LogP contribution is 2.18. The second-order valence-corrected chi connectivity index (χ2v) is 3.49. The largest absolute Gasteiger partial charge is 0.461 e. The molecular weight excluding hydrogens is 218 g/mol. The highest BCUT2D eigenvalue weighted by atomic mass is 16.5. The molecule has 0 aromatic carbocycles. The topological polar surface area (TPSA) is 57.0 Å². The maximum Gasteiger partial charge on any atom is 0.356 e. The van der Waals surface area contributed by atoms with Crippen molar-refractivity contribution in [3.8, 4) is 11.3 Å². The van der Waals surface area contributed by atoms with Crippen LogP contribution in [-0.4, -0.2) is 27.3 Å². The number of carbonyl (C=O) groups excluding carboxylic acids is 1. The summed E-state index contributed by atoms with van der Waals surface area (Å²) in [6.07, 6.45) is 3.38. The van der Waals surface area contributed by atoms with Gasteiger partial charge in [0, 0.05) is 25.0 Å². The minimum absolute atomic E-state index is 0.356. The molecule has 0 spiro atoms. The fraction of sp³-hybridized carbons (Fsp3) is 0.250. The predicted octanol–water partition coefficient (Wildman–Crippen LogP) is 1.66. The Hall–Kier alpha value is -2.17. The summed E-state index contributed by atoms with van der Waals surface area (Å²) < 4.78 is 6.47. The molecule has 0 aliphatic rings. The van der Waals surface area contributed by atoms with E-state index in [2.05, 4.69) is 10.1 Å². The molecule has 0 saturated carbocycles. The lowest BCUT2D eigenvalue weighted by Gasteiger charge is -1.99. The zero-order chi connectivity index (χ0) is 12.3. The van der Waals surface area contributed by atoms with Gasteiger partial charge in [0.05, 0.1) is 12.3 Å². The first-order valence-corrected chi connectivity index (χ1v) is 5.34. The molecule has 0 amide bonds. The lowest BCUT2D eigenvalue weighted by molar-refractivity contribution is 0.0513. The quantitative estimate of drug-likeness (QED) is 0.754. The molecule has 2 heterocycles. The first-order chi connectivity index (χ1) is 8.22. The number of hydrogen-bond donors (Lipinski definition) is 0. The van der Waals surface area contributed by atoms with Crippen LogP contribution >= 0.6 is 0 Å². The third-order valence-corrected chi connectivity index (χ3v) is 2.34. The Morgan fingerprint density at radius 2 is 2.12 bits per heavy atom. The number of nitrogens with zero attached hydrogens (tertiary/aromatic N) is 3. The summed E-state index contributed by atoms with van der Waals surface area (Å²) in [5, 5.41) is 4.27. The molecule has 5 heteroatoms. The Labute approximate surface area is 99.1 Å². The zero-order valence-electron chi connectivity index (χ0n) is 9.75. The second-order valence-electron chi connectivity index (χ2n) is 3.49. The van der Waals surface area contributed by atoms with E-state index in [-0.39, 0.29) is 5.97 Å². The van der Waals surface area contributed by atoms with Crippen LogP contribution in [0.1, 0.15) is 17.4 Å². The fourth-order valence-electron chi connectivity index (χ4n) is 1.53. The van der Waals surface area contributed by atoms with E-state index in [9.17, 15) is 4.79 Å². The van der Waals surface area contributed by atoms with Crippen molar-refractivity contribution in [3.05, 3.63) is 36.3 Å². The maximum absolute atomic E-state index is 11.6. The number of rotatable bonds is 3. The van der Waals surface area contributed by atoms with E-state index in [1.165, 1.54) is 4.68 Å². The van der Waals surface area contributed by atoms with Crippen molar-refractivity contribution in [1.82, 2.24) is 14.8 Å². The van der Waals surface area contributed by atoms with Crippen LogP contribution in [0.2, 0.25) is 0 Å². The smallest absolute Gasteiger partial charge is 0.356 e. The SMILES string of the molecule is CCOC(=O)c1cc(-c2ccncc2)nn1C. The lowest BCUT2D eigenvalue weighted by atomic mass is 10.2. The summed E-state index contributed by atoms with van der Waals surface area (Å²) in [7, 11) is 1.72. The first kappa shape index (κ1) is 11.3. The number of aromatic nitrogens is 3. The highest BCUT2D eigenvalue weighted by Gasteiger charge is 2.14. The van der Waals surface area contributed by atoms with Gasteiger partial charge in [-0.3, -0.25) is 9.67 Å². The molecule has 88 valence electrons. The van der Waals surface area contributed by atoms with Crippen molar-refractivity contribution in [3.63, 3.8) is 0 Å². The monoisotopic (exact) mass is 231 g/mol. The molecule has 0 unspecified atom stereocenters. The van der Waals surface area contributed by atoms with E-state index in [4.69, 9.17) is 4.74 Å². The summed E-state index contributed by atoms with van der Waals surface area (Å²) in [6.45, 7) is 2.13. The summed E-state index contributed by atoms with van der Waals surface area (Å²) in [5.74, 6) is -0.359. The second kappa shape index (κ2) is 4.78. The predicted molar refractivity (Wildman–Crippen MR) is 62.4 cm³/mol. The molecular formula is C12H13N3O2. The van der Waals surface area contributed by atoms with Gasteiger partial charge in [0.15, 0.2) is 0 Å². The van der Waals surface area contributed by atoms with Crippen LogP contribution in [0.15, 0.2) is 30.6 Å². The molecule has 0 atom stereocenters. The highest BCUT2D eigenvalue weighted by molar-refractivity contribution is 5.89. The molecule has 17 heavy (non-hydrogen) atoms. The molecule has 2 rings (SSSR count). The van der Waals surface area contributed by atoms with Crippen LogP contribution in [0.5, 0.6) is 0 Å². The van der Waals surface area contributed by atoms with Gasteiger partial charge in [-0.25, -0.2) is 4.79 Å². The van der Waals surface area contributed by atoms with Crippen LogP contribution in [0.25, 0.3) is 11.3 Å². The Balaban J connectivity index is 2.34. The standard InChI is InChI=1S/C12H13N3O2/c1-3-17-12(16)11-8-10(14-15(11)2)9-4-6-13-7-5-9/h4-8H,3H2,1-2H3. The minimum Gasteiger partial charge on any atom is -0.461 e. The van der Waals surface area contributed by atoms with E-state index in [1.807, 2.05) is 12.1 Å². The van der Waals surface area contributed by atoms with Gasteiger partial charge in [-0.1, -0.05) is 0 Å². The zero-order valence-corrected chi connectivity index (χ0v) is 9.75. The van der Waals surface area contributed by atoms with Gasteiger partial charge >= 0.3 is 5.97 Å². The van der Waals surface area contributed by atoms with Gasteiger partial charge in [0.25, 0.3) is 0 Å². The third kappa shape index (κ3) is 2.33. The van der Waals surface area contributed by atoms with Gasteiger partial charge < -0.3 is 4.74 Å². The van der Waals surface area contributed by atoms with E-state index in [1.54, 1.807) is 32.4 Å². The normalized spacial score (nSPS) is 10.2. The number of aryl methyl sites for hydroxylation is 1. The van der Waals surface area contributed by atoms with Gasteiger partial charge in [0.2, 0.25) is 0 Å². The summed E-state index contributed by atoms with van der Waals surface area (Å²) >= 11 is 0. The number of ether oxygens (including phenoxy) is 1. The van der Waals surface area contributed by atoms with E-state index < -0.39 is 0 Å². The Morgan fingerprint density at radius 3 is 2.76 bits per heavy atom. The Morgan fingerprint density at radius 1 is 1.41 bits per heavy atom. The number of carbonyl (C=O) groups is 1. The van der Waals surface area contributed by atoms with Gasteiger partial charge in [-0.15, -0.1) is 0 Å². The fourth-order valence-corrected chi connectivity index (χ4v) is 1.53. The molecule has 5 nitrogen and oxygen atoms in total. The minimum atomic E-state index is -0.359. The van der Waals surface area contributed by atoms with Crippen molar-refractivity contribution in [1.29, 1.82) is 0 Å². The Bertz CT molecular complexity index is 520. The maximum atomic E-state index is 11.6. The van der Waals surface area contributed by atoms with Crippen molar-refractivity contribution in [2.75, 3.05) is 6.61 Å². The number of pyridine rings is 1.